The fourth-order valence-electron chi connectivity index (χ4n) is 5.75. The quantitative estimate of drug-likeness (QED) is 0.218. The van der Waals surface area contributed by atoms with Crippen LogP contribution in [0.3, 0.4) is 0 Å². The van der Waals surface area contributed by atoms with Crippen LogP contribution in [-0.4, -0.2) is 65.7 Å². The van der Waals surface area contributed by atoms with E-state index in [9.17, 15) is 10.1 Å². The number of nitrogens with zero attached hydrogens (tertiary/aromatic N) is 6. The predicted molar refractivity (Wildman–Crippen MR) is 170 cm³/mol. The maximum absolute atomic E-state index is 12.4. The molecule has 0 radical (unpaired) electrons. The van der Waals surface area contributed by atoms with Gasteiger partial charge in [-0.15, -0.1) is 0 Å². The van der Waals surface area contributed by atoms with Gasteiger partial charge in [-0.2, -0.15) is 5.26 Å². The molecule has 10 heteroatoms. The number of ether oxygens (including phenoxy) is 1. The van der Waals surface area contributed by atoms with E-state index in [0.29, 0.717) is 40.4 Å². The molecule has 0 bridgehead atoms. The Morgan fingerprint density at radius 3 is 2.74 bits per heavy atom. The zero-order valence-electron chi connectivity index (χ0n) is 24.6. The van der Waals surface area contributed by atoms with Gasteiger partial charge in [-0.25, -0.2) is 9.97 Å². The summed E-state index contributed by atoms with van der Waals surface area (Å²) in [5.74, 6) is 0.570. The number of carbonyl (C=O) groups excluding carboxylic acids is 1. The van der Waals surface area contributed by atoms with E-state index in [1.54, 1.807) is 13.3 Å². The summed E-state index contributed by atoms with van der Waals surface area (Å²) in [5, 5.41) is 17.2. The van der Waals surface area contributed by atoms with Crippen LogP contribution in [0.2, 0.25) is 0 Å². The molecule has 2 aliphatic rings. The smallest absolute Gasteiger partial charge is 0.247 e. The number of hydrogen-bond donors (Lipinski definition) is 2. The van der Waals surface area contributed by atoms with Gasteiger partial charge in [0.25, 0.3) is 0 Å². The molecule has 220 valence electrons. The summed E-state index contributed by atoms with van der Waals surface area (Å²) in [4.78, 5) is 26.3. The molecule has 6 rings (SSSR count). The molecule has 0 unspecified atom stereocenters. The van der Waals surface area contributed by atoms with E-state index in [0.717, 1.165) is 61.2 Å². The Hall–Kier alpha value is -4.88. The summed E-state index contributed by atoms with van der Waals surface area (Å²) in [6, 6.07) is 14.7. The van der Waals surface area contributed by atoms with Crippen molar-refractivity contribution in [1.82, 2.24) is 19.4 Å². The summed E-state index contributed by atoms with van der Waals surface area (Å²) < 4.78 is 8.07. The number of fused-ring (bicyclic) bond motifs is 1. The van der Waals surface area contributed by atoms with Gasteiger partial charge < -0.3 is 29.7 Å². The molecule has 1 aliphatic carbocycles. The molecular formula is C33H36N8O2. The van der Waals surface area contributed by atoms with E-state index >= 15 is 0 Å². The van der Waals surface area contributed by atoms with Crippen molar-refractivity contribution >= 4 is 39.8 Å². The van der Waals surface area contributed by atoms with Crippen molar-refractivity contribution in [2.45, 2.75) is 31.7 Å². The van der Waals surface area contributed by atoms with Crippen molar-refractivity contribution in [3.05, 3.63) is 67.0 Å². The molecule has 0 atom stereocenters. The van der Waals surface area contributed by atoms with Crippen LogP contribution in [0, 0.1) is 11.3 Å². The second-order valence-electron chi connectivity index (χ2n) is 11.1. The molecule has 43 heavy (non-hydrogen) atoms. The highest BCUT2D eigenvalue weighted by molar-refractivity contribution is 6.02. The lowest BCUT2D eigenvalue weighted by Crippen LogP contribution is -2.32. The fraction of sp³-hybridized carbons (Fsp3) is 0.333. The van der Waals surface area contributed by atoms with Gasteiger partial charge >= 0.3 is 0 Å². The summed E-state index contributed by atoms with van der Waals surface area (Å²) in [7, 11) is 3.62. The Morgan fingerprint density at radius 1 is 1.23 bits per heavy atom. The number of likely N-dealkylation sites (tertiary alicyclic amines) is 1. The minimum atomic E-state index is -0.311. The molecular weight excluding hydrogens is 540 g/mol. The number of rotatable bonds is 11. The Bertz CT molecular complexity index is 1710. The van der Waals surface area contributed by atoms with Gasteiger partial charge in [-0.3, -0.25) is 4.79 Å². The Labute approximate surface area is 251 Å². The Morgan fingerprint density at radius 2 is 2.02 bits per heavy atom. The van der Waals surface area contributed by atoms with Gasteiger partial charge in [-0.1, -0.05) is 24.8 Å². The number of nitrogens with one attached hydrogen (secondary N) is 2. The maximum atomic E-state index is 12.4. The molecule has 1 aliphatic heterocycles. The second kappa shape index (κ2) is 12.2. The van der Waals surface area contributed by atoms with E-state index in [2.05, 4.69) is 61.0 Å². The normalized spacial score (nSPS) is 14.8. The first kappa shape index (κ1) is 28.2. The predicted octanol–water partition coefficient (Wildman–Crippen LogP) is 5.71. The number of aromatic nitrogens is 3. The third-order valence-corrected chi connectivity index (χ3v) is 8.21. The second-order valence-corrected chi connectivity index (χ2v) is 11.1. The lowest BCUT2D eigenvalue weighted by molar-refractivity contribution is -0.111. The highest BCUT2D eigenvalue weighted by Crippen LogP contribution is 2.42. The number of para-hydroxylation sites is 1. The van der Waals surface area contributed by atoms with E-state index in [1.165, 1.54) is 18.9 Å². The first-order valence-electron chi connectivity index (χ1n) is 14.7. The van der Waals surface area contributed by atoms with Gasteiger partial charge in [0.05, 0.1) is 41.6 Å². The standard InChI is InChI=1S/C33H36N8O2/c1-4-31(42)36-26-17-27(30(43-3)18-29(26)39(2)15-16-40-13-7-8-14-40)37-33-35-20-22(19-34)32(38-33)25-21-41(23-11-12-23)28-10-6-5-9-24(25)28/h4-6,9-10,17-18,20-21,23H,1,7-8,11-16H2,2-3H3,(H,36,42)(H,35,37,38). The van der Waals surface area contributed by atoms with Crippen molar-refractivity contribution < 1.29 is 9.53 Å². The number of nitriles is 1. The van der Waals surface area contributed by atoms with Crippen molar-refractivity contribution in [1.29, 1.82) is 5.26 Å². The summed E-state index contributed by atoms with van der Waals surface area (Å²) in [6.45, 7) is 7.59. The summed E-state index contributed by atoms with van der Waals surface area (Å²) in [6.07, 6.45) is 9.66. The maximum Gasteiger partial charge on any atom is 0.247 e. The van der Waals surface area contributed by atoms with Crippen LogP contribution in [0.4, 0.5) is 23.0 Å². The van der Waals surface area contributed by atoms with Crippen molar-refractivity contribution in [3.63, 3.8) is 0 Å². The van der Waals surface area contributed by atoms with Gasteiger partial charge in [-0.05, 0) is 57.0 Å². The lowest BCUT2D eigenvalue weighted by Gasteiger charge is -2.26. The van der Waals surface area contributed by atoms with Crippen molar-refractivity contribution in [3.8, 4) is 23.1 Å². The molecule has 4 aromatic rings. The minimum absolute atomic E-state index is 0.311. The van der Waals surface area contributed by atoms with E-state index in [4.69, 9.17) is 9.72 Å². The van der Waals surface area contributed by atoms with E-state index in [-0.39, 0.29) is 5.91 Å². The van der Waals surface area contributed by atoms with Gasteiger partial charge in [0.2, 0.25) is 11.9 Å². The summed E-state index contributed by atoms with van der Waals surface area (Å²) in [5.41, 5.74) is 4.99. The molecule has 2 fully saturated rings. The van der Waals surface area contributed by atoms with Crippen LogP contribution in [0.5, 0.6) is 5.75 Å². The average molecular weight is 577 g/mol. The zero-order chi connectivity index (χ0) is 29.9. The SMILES string of the molecule is C=CC(=O)Nc1cc(Nc2ncc(C#N)c(-c3cn(C4CC4)c4ccccc34)n2)c(OC)cc1N(C)CCN1CCCC1. The Kier molecular flexibility index (Phi) is 7.99. The first-order chi connectivity index (χ1) is 21.0. The zero-order valence-corrected chi connectivity index (χ0v) is 24.6. The van der Waals surface area contributed by atoms with Gasteiger partial charge in [0.1, 0.15) is 11.8 Å². The average Bonchev–Trinajstić information content (AvgIpc) is 3.59. The van der Waals surface area contributed by atoms with Crippen LogP contribution >= 0.6 is 0 Å². The molecule has 10 nitrogen and oxygen atoms in total. The molecule has 1 saturated heterocycles. The largest absolute Gasteiger partial charge is 0.494 e. The monoisotopic (exact) mass is 576 g/mol. The number of methoxy groups -OCH3 is 1. The third-order valence-electron chi connectivity index (χ3n) is 8.21. The molecule has 2 aromatic carbocycles. The van der Waals surface area contributed by atoms with E-state index < -0.39 is 0 Å². The molecule has 3 heterocycles. The summed E-state index contributed by atoms with van der Waals surface area (Å²) >= 11 is 0. The third kappa shape index (κ3) is 5.90. The van der Waals surface area contributed by atoms with Gasteiger partial charge in [0.15, 0.2) is 0 Å². The van der Waals surface area contributed by atoms with Crippen LogP contribution in [0.25, 0.3) is 22.2 Å². The van der Waals surface area contributed by atoms with Crippen molar-refractivity contribution in [2.75, 3.05) is 55.9 Å². The van der Waals surface area contributed by atoms with E-state index in [1.807, 2.05) is 31.3 Å². The number of hydrogen-bond acceptors (Lipinski definition) is 8. The highest BCUT2D eigenvalue weighted by Gasteiger charge is 2.27. The van der Waals surface area contributed by atoms with Gasteiger partial charge in [0, 0.05) is 54.9 Å². The van der Waals surface area contributed by atoms with Crippen molar-refractivity contribution in [2.24, 2.45) is 0 Å². The lowest BCUT2D eigenvalue weighted by atomic mass is 10.1. The Balaban J connectivity index is 1.35. The first-order valence-corrected chi connectivity index (χ1v) is 14.7. The minimum Gasteiger partial charge on any atom is -0.494 e. The van der Waals surface area contributed by atoms with Crippen LogP contribution in [0.1, 0.15) is 37.3 Å². The number of anilines is 4. The topological polar surface area (TPSA) is 111 Å². The molecule has 0 spiro atoms. The molecule has 1 saturated carbocycles. The van der Waals surface area contributed by atoms with Crippen LogP contribution < -0.4 is 20.3 Å². The number of likely N-dealkylation sites (N-methyl/N-ethyl adjacent to an activating group) is 1. The highest BCUT2D eigenvalue weighted by atomic mass is 16.5. The number of carbonyl (C=O) groups is 1. The molecule has 1 amide bonds. The number of amides is 1. The van der Waals surface area contributed by atoms with Crippen LogP contribution in [-0.2, 0) is 4.79 Å². The fourth-order valence-corrected chi connectivity index (χ4v) is 5.75. The number of benzene rings is 2. The molecule has 2 N–H and O–H groups in total. The van der Waals surface area contributed by atoms with Crippen LogP contribution in [0.15, 0.2) is 61.4 Å². The molecule has 2 aromatic heterocycles.